The van der Waals surface area contributed by atoms with Crippen molar-refractivity contribution in [3.63, 3.8) is 0 Å². The highest BCUT2D eigenvalue weighted by molar-refractivity contribution is 5.80. The Balaban J connectivity index is 2.27. The molecule has 1 aliphatic rings. The average molecular weight is 219 g/mol. The van der Waals surface area contributed by atoms with Gasteiger partial charge in [-0.2, -0.15) is 0 Å². The molecule has 4 heteroatoms. The molecule has 0 spiro atoms. The predicted octanol–water partition coefficient (Wildman–Crippen LogP) is 1.09. The number of pyridine rings is 1. The van der Waals surface area contributed by atoms with Gasteiger partial charge in [0.2, 0.25) is 5.91 Å². The van der Waals surface area contributed by atoms with Gasteiger partial charge < -0.3 is 10.6 Å². The van der Waals surface area contributed by atoms with Crippen molar-refractivity contribution in [2.75, 3.05) is 6.54 Å². The normalized spacial score (nSPS) is 25.1. The molecule has 0 unspecified atom stereocenters. The second-order valence-corrected chi connectivity index (χ2v) is 4.15. The molecule has 16 heavy (non-hydrogen) atoms. The Kier molecular flexibility index (Phi) is 3.19. The molecule has 2 atom stereocenters. The number of hydrogen-bond donors (Lipinski definition) is 1. The zero-order valence-electron chi connectivity index (χ0n) is 9.47. The molecule has 0 bridgehead atoms. The molecule has 1 amide bonds. The Morgan fingerprint density at radius 2 is 2.38 bits per heavy atom. The molecule has 1 aromatic heterocycles. The van der Waals surface area contributed by atoms with Gasteiger partial charge in [-0.3, -0.25) is 9.78 Å². The zero-order valence-corrected chi connectivity index (χ0v) is 9.47. The molecule has 2 heterocycles. The van der Waals surface area contributed by atoms with Crippen LogP contribution in [0.25, 0.3) is 0 Å². The molecular weight excluding hydrogens is 202 g/mol. The van der Waals surface area contributed by atoms with Crippen LogP contribution in [0, 0.1) is 0 Å². The molecule has 86 valence electrons. The third kappa shape index (κ3) is 1.93. The number of carbonyl (C=O) groups excluding carboxylic acids is 1. The molecule has 2 rings (SSSR count). The van der Waals surface area contributed by atoms with Crippen molar-refractivity contribution >= 4 is 5.91 Å². The minimum atomic E-state index is -0.131. The molecule has 1 saturated heterocycles. The van der Waals surface area contributed by atoms with Gasteiger partial charge in [0.1, 0.15) is 0 Å². The molecule has 0 aromatic carbocycles. The van der Waals surface area contributed by atoms with Crippen LogP contribution in [-0.4, -0.2) is 28.4 Å². The smallest absolute Gasteiger partial charge is 0.224 e. The average Bonchev–Trinajstić information content (AvgIpc) is 2.56. The van der Waals surface area contributed by atoms with Crippen LogP contribution in [0.4, 0.5) is 0 Å². The quantitative estimate of drug-likeness (QED) is 0.828. The van der Waals surface area contributed by atoms with Gasteiger partial charge in [0, 0.05) is 25.2 Å². The summed E-state index contributed by atoms with van der Waals surface area (Å²) in [6, 6.07) is 5.56. The van der Waals surface area contributed by atoms with E-state index in [0.717, 1.165) is 18.7 Å². The molecule has 0 aliphatic carbocycles. The number of hydrogen-bond acceptors (Lipinski definition) is 3. The fourth-order valence-corrected chi connectivity index (χ4v) is 2.25. The number of nitrogens with zero attached hydrogens (tertiary/aromatic N) is 2. The fourth-order valence-electron chi connectivity index (χ4n) is 2.25. The van der Waals surface area contributed by atoms with E-state index in [1.807, 2.05) is 23.1 Å². The molecule has 2 N–H and O–H groups in total. The Hall–Kier alpha value is -1.42. The van der Waals surface area contributed by atoms with E-state index in [4.69, 9.17) is 5.73 Å². The summed E-state index contributed by atoms with van der Waals surface area (Å²) in [5, 5.41) is 0. The highest BCUT2D eigenvalue weighted by atomic mass is 16.2. The van der Waals surface area contributed by atoms with Crippen molar-refractivity contribution < 1.29 is 4.79 Å². The maximum absolute atomic E-state index is 11.8. The fraction of sp³-hybridized carbons (Fsp3) is 0.500. The van der Waals surface area contributed by atoms with E-state index in [9.17, 15) is 4.79 Å². The van der Waals surface area contributed by atoms with Crippen molar-refractivity contribution in [1.29, 1.82) is 0 Å². The topological polar surface area (TPSA) is 59.2 Å². The maximum atomic E-state index is 11.8. The third-order valence-electron chi connectivity index (χ3n) is 2.93. The van der Waals surface area contributed by atoms with Gasteiger partial charge in [0.15, 0.2) is 0 Å². The lowest BCUT2D eigenvalue weighted by Crippen LogP contribution is -2.34. The standard InChI is InChI=1S/C12H17N3O/c1-2-7-15-11(16)8-9(13)12(15)10-5-3-4-6-14-10/h3-6,9,12H,2,7-8,13H2,1H3/t9-,12-/m0/s1. The lowest BCUT2D eigenvalue weighted by molar-refractivity contribution is -0.129. The van der Waals surface area contributed by atoms with Gasteiger partial charge in [-0.1, -0.05) is 13.0 Å². The zero-order chi connectivity index (χ0) is 11.5. The molecular formula is C12H17N3O. The summed E-state index contributed by atoms with van der Waals surface area (Å²) in [6.45, 7) is 2.82. The molecule has 4 nitrogen and oxygen atoms in total. The largest absolute Gasteiger partial charge is 0.332 e. The van der Waals surface area contributed by atoms with Crippen LogP contribution in [0.3, 0.4) is 0 Å². The van der Waals surface area contributed by atoms with E-state index in [-0.39, 0.29) is 18.0 Å². The van der Waals surface area contributed by atoms with Gasteiger partial charge in [-0.05, 0) is 18.6 Å². The first kappa shape index (κ1) is 11.1. The second-order valence-electron chi connectivity index (χ2n) is 4.15. The van der Waals surface area contributed by atoms with Gasteiger partial charge >= 0.3 is 0 Å². The monoisotopic (exact) mass is 219 g/mol. The SMILES string of the molecule is CCCN1C(=O)C[C@H](N)[C@H]1c1ccccn1. The first-order valence-electron chi connectivity index (χ1n) is 5.70. The van der Waals surface area contributed by atoms with Gasteiger partial charge in [0.05, 0.1) is 11.7 Å². The minimum absolute atomic E-state index is 0.0475. The number of amides is 1. The molecule has 1 fully saturated rings. The van der Waals surface area contributed by atoms with Crippen LogP contribution >= 0.6 is 0 Å². The van der Waals surface area contributed by atoms with Crippen LogP contribution in [0.5, 0.6) is 0 Å². The van der Waals surface area contributed by atoms with Crippen molar-refractivity contribution in [3.8, 4) is 0 Å². The summed E-state index contributed by atoms with van der Waals surface area (Å²) in [4.78, 5) is 17.9. The number of likely N-dealkylation sites (tertiary alicyclic amines) is 1. The summed E-state index contributed by atoms with van der Waals surface area (Å²) in [7, 11) is 0. The van der Waals surface area contributed by atoms with E-state index >= 15 is 0 Å². The van der Waals surface area contributed by atoms with Gasteiger partial charge in [-0.25, -0.2) is 0 Å². The second kappa shape index (κ2) is 4.61. The molecule has 1 aromatic rings. The van der Waals surface area contributed by atoms with Gasteiger partial charge in [-0.15, -0.1) is 0 Å². The Labute approximate surface area is 95.5 Å². The minimum Gasteiger partial charge on any atom is -0.332 e. The van der Waals surface area contributed by atoms with Crippen molar-refractivity contribution in [3.05, 3.63) is 30.1 Å². The van der Waals surface area contributed by atoms with Crippen LogP contribution < -0.4 is 5.73 Å². The molecule has 0 radical (unpaired) electrons. The van der Waals surface area contributed by atoms with Crippen LogP contribution in [0.1, 0.15) is 31.5 Å². The highest BCUT2D eigenvalue weighted by Gasteiger charge is 2.38. The van der Waals surface area contributed by atoms with Crippen molar-refractivity contribution in [1.82, 2.24) is 9.88 Å². The van der Waals surface area contributed by atoms with Gasteiger partial charge in [0.25, 0.3) is 0 Å². The highest BCUT2D eigenvalue weighted by Crippen LogP contribution is 2.30. The maximum Gasteiger partial charge on any atom is 0.224 e. The van der Waals surface area contributed by atoms with Crippen LogP contribution in [-0.2, 0) is 4.79 Å². The van der Waals surface area contributed by atoms with Crippen molar-refractivity contribution in [2.45, 2.75) is 31.8 Å². The van der Waals surface area contributed by atoms with E-state index in [2.05, 4.69) is 11.9 Å². The van der Waals surface area contributed by atoms with E-state index in [0.29, 0.717) is 6.42 Å². The summed E-state index contributed by atoms with van der Waals surface area (Å²) < 4.78 is 0. The number of rotatable bonds is 3. The first-order valence-corrected chi connectivity index (χ1v) is 5.70. The van der Waals surface area contributed by atoms with E-state index in [1.54, 1.807) is 6.20 Å². The number of aromatic nitrogens is 1. The van der Waals surface area contributed by atoms with E-state index in [1.165, 1.54) is 0 Å². The third-order valence-corrected chi connectivity index (χ3v) is 2.93. The van der Waals surface area contributed by atoms with E-state index < -0.39 is 0 Å². The van der Waals surface area contributed by atoms with Crippen LogP contribution in [0.15, 0.2) is 24.4 Å². The summed E-state index contributed by atoms with van der Waals surface area (Å²) in [6.07, 6.45) is 3.12. The van der Waals surface area contributed by atoms with Crippen molar-refractivity contribution in [2.24, 2.45) is 5.73 Å². The summed E-state index contributed by atoms with van der Waals surface area (Å²) >= 11 is 0. The first-order chi connectivity index (χ1) is 7.74. The number of carbonyl (C=O) groups is 1. The Bertz CT molecular complexity index is 366. The lowest BCUT2D eigenvalue weighted by Gasteiger charge is -2.25. The number of nitrogens with two attached hydrogens (primary N) is 1. The Morgan fingerprint density at radius 1 is 1.56 bits per heavy atom. The lowest BCUT2D eigenvalue weighted by atomic mass is 10.1. The van der Waals surface area contributed by atoms with Crippen LogP contribution in [0.2, 0.25) is 0 Å². The molecule has 0 saturated carbocycles. The predicted molar refractivity (Wildman–Crippen MR) is 61.6 cm³/mol. The molecule has 1 aliphatic heterocycles. The Morgan fingerprint density at radius 3 is 3.00 bits per heavy atom. The summed E-state index contributed by atoms with van der Waals surface area (Å²) in [5.74, 6) is 0.144. The summed E-state index contributed by atoms with van der Waals surface area (Å²) in [5.41, 5.74) is 6.92.